The Balaban J connectivity index is 1.78. The minimum absolute atomic E-state index is 0.0443. The van der Waals surface area contributed by atoms with Gasteiger partial charge in [0.1, 0.15) is 0 Å². The van der Waals surface area contributed by atoms with Crippen LogP contribution < -0.4 is 0 Å². The molecule has 1 saturated heterocycles. The van der Waals surface area contributed by atoms with Gasteiger partial charge < -0.3 is 10.0 Å². The van der Waals surface area contributed by atoms with Crippen LogP contribution in [-0.4, -0.2) is 45.6 Å². The first kappa shape index (κ1) is 17.3. The minimum atomic E-state index is -0.846. The van der Waals surface area contributed by atoms with E-state index in [1.807, 2.05) is 0 Å². The van der Waals surface area contributed by atoms with Crippen LogP contribution in [0.2, 0.25) is 0 Å². The first-order valence-electron chi connectivity index (χ1n) is 7.29. The van der Waals surface area contributed by atoms with Crippen LogP contribution in [0, 0.1) is 16.0 Å². The van der Waals surface area contributed by atoms with Gasteiger partial charge in [-0.1, -0.05) is 12.1 Å². The van der Waals surface area contributed by atoms with Gasteiger partial charge in [-0.05, 0) is 18.4 Å². The molecule has 1 N–H and O–H groups in total. The van der Waals surface area contributed by atoms with Gasteiger partial charge in [0.05, 0.1) is 16.6 Å². The first-order chi connectivity index (χ1) is 11.0. The number of non-ortho nitro benzene ring substituents is 1. The number of benzene rings is 1. The van der Waals surface area contributed by atoms with Crippen molar-refractivity contribution in [1.82, 2.24) is 4.90 Å². The third-order valence-corrected chi connectivity index (χ3v) is 4.75. The maximum atomic E-state index is 12.1. The fourth-order valence-electron chi connectivity index (χ4n) is 2.47. The van der Waals surface area contributed by atoms with Crippen LogP contribution in [0.25, 0.3) is 0 Å². The van der Waals surface area contributed by atoms with Gasteiger partial charge in [-0.2, -0.15) is 0 Å². The molecule has 1 fully saturated rings. The molecule has 0 saturated carbocycles. The Bertz CT molecular complexity index is 590. The summed E-state index contributed by atoms with van der Waals surface area (Å²) >= 11 is 1.42. The van der Waals surface area contributed by atoms with Crippen molar-refractivity contribution in [3.05, 3.63) is 39.9 Å². The molecule has 7 nitrogen and oxygen atoms in total. The number of piperidine rings is 1. The summed E-state index contributed by atoms with van der Waals surface area (Å²) in [6, 6.07) is 6.24. The van der Waals surface area contributed by atoms with E-state index in [4.69, 9.17) is 5.11 Å². The smallest absolute Gasteiger partial charge is 0.308 e. The number of hydrogen-bond donors (Lipinski definition) is 1. The lowest BCUT2D eigenvalue weighted by atomic mass is 9.98. The normalized spacial score (nSPS) is 17.7. The van der Waals surface area contributed by atoms with Gasteiger partial charge in [0.25, 0.3) is 5.69 Å². The third-order valence-electron chi connectivity index (χ3n) is 3.76. The molecule has 23 heavy (non-hydrogen) atoms. The van der Waals surface area contributed by atoms with E-state index in [9.17, 15) is 19.7 Å². The van der Waals surface area contributed by atoms with Gasteiger partial charge in [0.15, 0.2) is 0 Å². The van der Waals surface area contributed by atoms with Gasteiger partial charge in [-0.15, -0.1) is 11.8 Å². The molecule has 1 aliphatic rings. The maximum Gasteiger partial charge on any atom is 0.308 e. The Labute approximate surface area is 137 Å². The van der Waals surface area contributed by atoms with Crippen molar-refractivity contribution in [2.75, 3.05) is 18.8 Å². The zero-order chi connectivity index (χ0) is 16.8. The number of nitrogens with zero attached hydrogens (tertiary/aromatic N) is 2. The fraction of sp³-hybridized carbons (Fsp3) is 0.467. The predicted octanol–water partition coefficient (Wildman–Crippen LogP) is 2.15. The molecule has 8 heteroatoms. The Morgan fingerprint density at radius 1 is 1.35 bits per heavy atom. The first-order valence-corrected chi connectivity index (χ1v) is 8.44. The van der Waals surface area contributed by atoms with Crippen LogP contribution in [0.15, 0.2) is 24.3 Å². The van der Waals surface area contributed by atoms with E-state index in [1.165, 1.54) is 23.9 Å². The Morgan fingerprint density at radius 2 is 2.04 bits per heavy atom. The van der Waals surface area contributed by atoms with Crippen LogP contribution in [0.3, 0.4) is 0 Å². The summed E-state index contributed by atoms with van der Waals surface area (Å²) < 4.78 is 0. The zero-order valence-electron chi connectivity index (χ0n) is 12.5. The van der Waals surface area contributed by atoms with E-state index in [-0.39, 0.29) is 23.9 Å². The highest BCUT2D eigenvalue weighted by atomic mass is 32.2. The van der Waals surface area contributed by atoms with E-state index in [0.29, 0.717) is 18.7 Å². The topological polar surface area (TPSA) is 101 Å². The molecule has 0 aliphatic carbocycles. The Hall–Kier alpha value is -2.09. The number of amides is 1. The molecule has 0 aromatic heterocycles. The summed E-state index contributed by atoms with van der Waals surface area (Å²) in [5.41, 5.74) is 0.957. The Kier molecular flexibility index (Phi) is 5.97. The number of carbonyl (C=O) groups is 2. The highest BCUT2D eigenvalue weighted by molar-refractivity contribution is 7.99. The van der Waals surface area contributed by atoms with Crippen molar-refractivity contribution in [2.24, 2.45) is 5.92 Å². The fourth-order valence-corrected chi connectivity index (χ4v) is 3.35. The second-order valence-corrected chi connectivity index (χ2v) is 6.42. The number of carboxylic acid groups (broad SMARTS) is 1. The summed E-state index contributed by atoms with van der Waals surface area (Å²) in [6.07, 6.45) is 1.34. The molecule has 1 atom stereocenters. The quantitative estimate of drug-likeness (QED) is 0.630. The molecule has 1 unspecified atom stereocenters. The number of hydrogen-bond acceptors (Lipinski definition) is 5. The van der Waals surface area contributed by atoms with Crippen LogP contribution in [-0.2, 0) is 15.3 Å². The third kappa shape index (κ3) is 4.95. The predicted molar refractivity (Wildman–Crippen MR) is 86.2 cm³/mol. The van der Waals surface area contributed by atoms with Gasteiger partial charge in [0, 0.05) is 31.0 Å². The molecule has 1 heterocycles. The lowest BCUT2D eigenvalue weighted by Gasteiger charge is -2.30. The molecular weight excluding hydrogens is 320 g/mol. The second-order valence-electron chi connectivity index (χ2n) is 5.43. The van der Waals surface area contributed by atoms with Crippen molar-refractivity contribution in [3.63, 3.8) is 0 Å². The minimum Gasteiger partial charge on any atom is -0.481 e. The van der Waals surface area contributed by atoms with E-state index in [0.717, 1.165) is 12.0 Å². The van der Waals surface area contributed by atoms with Crippen molar-refractivity contribution in [1.29, 1.82) is 0 Å². The van der Waals surface area contributed by atoms with E-state index in [2.05, 4.69) is 0 Å². The van der Waals surface area contributed by atoms with Gasteiger partial charge in [0.2, 0.25) is 5.91 Å². The van der Waals surface area contributed by atoms with Crippen molar-refractivity contribution >= 4 is 29.3 Å². The zero-order valence-corrected chi connectivity index (χ0v) is 13.3. The highest BCUT2D eigenvalue weighted by Crippen LogP contribution is 2.20. The lowest BCUT2D eigenvalue weighted by Crippen LogP contribution is -2.43. The van der Waals surface area contributed by atoms with Gasteiger partial charge in [-0.3, -0.25) is 19.7 Å². The van der Waals surface area contributed by atoms with Crippen molar-refractivity contribution in [3.8, 4) is 0 Å². The maximum absolute atomic E-state index is 12.1. The molecule has 1 amide bonds. The lowest BCUT2D eigenvalue weighted by molar-refractivity contribution is -0.384. The highest BCUT2D eigenvalue weighted by Gasteiger charge is 2.27. The standard InChI is InChI=1S/C15H18N2O5S/c18-14(16-7-1-2-12(8-16)15(19)20)10-23-9-11-3-5-13(6-4-11)17(21)22/h3-6,12H,1-2,7-10H2,(H,19,20). The summed E-state index contributed by atoms with van der Waals surface area (Å²) in [6.45, 7) is 0.896. The molecule has 0 bridgehead atoms. The molecule has 124 valence electrons. The molecule has 2 rings (SSSR count). The van der Waals surface area contributed by atoms with Crippen LogP contribution in [0.5, 0.6) is 0 Å². The Morgan fingerprint density at radius 3 is 2.65 bits per heavy atom. The number of thioether (sulfide) groups is 1. The largest absolute Gasteiger partial charge is 0.481 e. The van der Waals surface area contributed by atoms with Crippen LogP contribution in [0.1, 0.15) is 18.4 Å². The summed E-state index contributed by atoms with van der Waals surface area (Å²) in [5.74, 6) is -0.500. The number of nitro groups is 1. The number of nitro benzene ring substituents is 1. The van der Waals surface area contributed by atoms with E-state index >= 15 is 0 Å². The molecule has 1 aromatic rings. The molecule has 0 radical (unpaired) electrons. The van der Waals surface area contributed by atoms with Gasteiger partial charge in [-0.25, -0.2) is 0 Å². The average molecular weight is 338 g/mol. The average Bonchev–Trinajstić information content (AvgIpc) is 2.55. The number of aliphatic carboxylic acids is 1. The molecule has 1 aliphatic heterocycles. The number of rotatable bonds is 6. The van der Waals surface area contributed by atoms with Gasteiger partial charge >= 0.3 is 5.97 Å². The summed E-state index contributed by atoms with van der Waals surface area (Å²) in [4.78, 5) is 34.9. The number of carbonyl (C=O) groups excluding carboxylic acids is 1. The van der Waals surface area contributed by atoms with Crippen molar-refractivity contribution in [2.45, 2.75) is 18.6 Å². The van der Waals surface area contributed by atoms with Crippen LogP contribution in [0.4, 0.5) is 5.69 Å². The molecule has 1 aromatic carbocycles. The second kappa shape index (κ2) is 7.96. The van der Waals surface area contributed by atoms with E-state index < -0.39 is 16.8 Å². The van der Waals surface area contributed by atoms with Crippen LogP contribution >= 0.6 is 11.8 Å². The number of carboxylic acids is 1. The van der Waals surface area contributed by atoms with E-state index in [1.54, 1.807) is 17.0 Å². The number of likely N-dealkylation sites (tertiary alicyclic amines) is 1. The monoisotopic (exact) mass is 338 g/mol. The van der Waals surface area contributed by atoms with Crippen molar-refractivity contribution < 1.29 is 19.6 Å². The molecular formula is C15H18N2O5S. The summed E-state index contributed by atoms with van der Waals surface area (Å²) in [7, 11) is 0. The SMILES string of the molecule is O=C(O)C1CCCN(C(=O)CSCc2ccc([N+](=O)[O-])cc2)C1. The summed E-state index contributed by atoms with van der Waals surface area (Å²) in [5, 5.41) is 19.6. The molecule has 0 spiro atoms.